The first-order valence-corrected chi connectivity index (χ1v) is 6.55. The molecular weight excluding hydrogens is 278 g/mol. The zero-order valence-electron chi connectivity index (χ0n) is 11.7. The quantitative estimate of drug-likeness (QED) is 0.625. The Balaban J connectivity index is 1.98. The Morgan fingerprint density at radius 3 is 2.76 bits per heavy atom. The van der Waals surface area contributed by atoms with Gasteiger partial charge in [-0.1, -0.05) is 0 Å². The minimum Gasteiger partial charge on any atom is -0.490 e. The van der Waals surface area contributed by atoms with Crippen molar-refractivity contribution in [1.29, 1.82) is 0 Å². The lowest BCUT2D eigenvalue weighted by atomic mass is 10.3. The summed E-state index contributed by atoms with van der Waals surface area (Å²) < 4.78 is 10.2. The largest absolute Gasteiger partial charge is 0.490 e. The second-order valence-electron chi connectivity index (χ2n) is 4.51. The fraction of sp³-hybridized carbons (Fsp3) is 0.462. The second kappa shape index (κ2) is 6.89. The smallest absolute Gasteiger partial charge is 0.314 e. The van der Waals surface area contributed by atoms with Gasteiger partial charge in [-0.2, -0.15) is 0 Å². The van der Waals surface area contributed by atoms with E-state index in [1.54, 1.807) is 4.90 Å². The Morgan fingerprint density at radius 2 is 2.14 bits per heavy atom. The van der Waals surface area contributed by atoms with E-state index in [4.69, 9.17) is 9.47 Å². The number of amides is 1. The van der Waals surface area contributed by atoms with Crippen molar-refractivity contribution < 1.29 is 19.2 Å². The number of nitrogens with zero attached hydrogens (tertiary/aromatic N) is 2. The van der Waals surface area contributed by atoms with E-state index in [0.717, 1.165) is 13.1 Å². The molecule has 8 nitrogen and oxygen atoms in total. The minimum atomic E-state index is -0.552. The Kier molecular flexibility index (Phi) is 4.94. The number of carbonyl (C=O) groups is 1. The van der Waals surface area contributed by atoms with Gasteiger partial charge in [0, 0.05) is 26.2 Å². The summed E-state index contributed by atoms with van der Waals surface area (Å²) >= 11 is 0. The zero-order chi connectivity index (χ0) is 15.2. The highest BCUT2D eigenvalue weighted by molar-refractivity contribution is 5.78. The molecule has 1 aliphatic rings. The zero-order valence-corrected chi connectivity index (χ0v) is 11.7. The van der Waals surface area contributed by atoms with Crippen LogP contribution in [-0.2, 0) is 4.79 Å². The van der Waals surface area contributed by atoms with E-state index in [1.165, 1.54) is 25.3 Å². The number of nitro benzene ring substituents is 1. The first-order valence-electron chi connectivity index (χ1n) is 6.55. The summed E-state index contributed by atoms with van der Waals surface area (Å²) in [5, 5.41) is 14.1. The third kappa shape index (κ3) is 3.82. The lowest BCUT2D eigenvalue weighted by molar-refractivity contribution is -0.385. The van der Waals surface area contributed by atoms with Gasteiger partial charge in [0.15, 0.2) is 12.4 Å². The Bertz CT molecular complexity index is 529. The summed E-state index contributed by atoms with van der Waals surface area (Å²) in [6.45, 7) is 2.68. The average Bonchev–Trinajstić information content (AvgIpc) is 2.53. The van der Waals surface area contributed by atoms with Crippen LogP contribution in [0.5, 0.6) is 11.5 Å². The Morgan fingerprint density at radius 1 is 1.43 bits per heavy atom. The number of hydrogen-bond acceptors (Lipinski definition) is 6. The molecule has 8 heteroatoms. The molecule has 2 rings (SSSR count). The molecule has 0 aromatic heterocycles. The SMILES string of the molecule is COc1ccc(OCC(=O)N2CCNCC2)cc1[N+](=O)[O-]. The van der Waals surface area contributed by atoms with Crippen LogP contribution in [0.1, 0.15) is 0 Å². The van der Waals surface area contributed by atoms with Gasteiger partial charge < -0.3 is 19.7 Å². The predicted octanol–water partition coefficient (Wildman–Crippen LogP) is 0.414. The lowest BCUT2D eigenvalue weighted by Gasteiger charge is -2.27. The predicted molar refractivity (Wildman–Crippen MR) is 74.6 cm³/mol. The van der Waals surface area contributed by atoms with E-state index in [9.17, 15) is 14.9 Å². The van der Waals surface area contributed by atoms with Crippen LogP contribution in [0.25, 0.3) is 0 Å². The van der Waals surface area contributed by atoms with E-state index in [-0.39, 0.29) is 29.7 Å². The summed E-state index contributed by atoms with van der Waals surface area (Å²) in [6, 6.07) is 4.24. The van der Waals surface area contributed by atoms with Crippen LogP contribution >= 0.6 is 0 Å². The number of nitro groups is 1. The number of carbonyl (C=O) groups excluding carboxylic acids is 1. The number of piperazine rings is 1. The molecule has 1 fully saturated rings. The van der Waals surface area contributed by atoms with Gasteiger partial charge in [-0.05, 0) is 12.1 Å². The summed E-state index contributed by atoms with van der Waals surface area (Å²) in [5.74, 6) is 0.293. The average molecular weight is 295 g/mol. The number of benzene rings is 1. The fourth-order valence-corrected chi connectivity index (χ4v) is 2.05. The van der Waals surface area contributed by atoms with Crippen LogP contribution in [0.4, 0.5) is 5.69 Å². The van der Waals surface area contributed by atoms with Crippen molar-refractivity contribution in [3.8, 4) is 11.5 Å². The molecule has 0 aliphatic carbocycles. The van der Waals surface area contributed by atoms with Crippen molar-refractivity contribution in [1.82, 2.24) is 10.2 Å². The van der Waals surface area contributed by atoms with E-state index >= 15 is 0 Å². The molecule has 0 radical (unpaired) electrons. The maximum Gasteiger partial charge on any atom is 0.314 e. The number of methoxy groups -OCH3 is 1. The van der Waals surface area contributed by atoms with Crippen molar-refractivity contribution in [3.63, 3.8) is 0 Å². The molecule has 1 aromatic rings. The third-order valence-electron chi connectivity index (χ3n) is 3.18. The summed E-state index contributed by atoms with van der Waals surface area (Å²) in [6.07, 6.45) is 0. The molecule has 1 saturated heterocycles. The van der Waals surface area contributed by atoms with Gasteiger partial charge in [0.2, 0.25) is 0 Å². The Labute approximate surface area is 121 Å². The first kappa shape index (κ1) is 15.0. The van der Waals surface area contributed by atoms with Crippen LogP contribution in [-0.4, -0.2) is 55.6 Å². The third-order valence-corrected chi connectivity index (χ3v) is 3.18. The number of rotatable bonds is 5. The highest BCUT2D eigenvalue weighted by Gasteiger charge is 2.19. The van der Waals surface area contributed by atoms with Crippen molar-refractivity contribution in [2.45, 2.75) is 0 Å². The molecule has 1 amide bonds. The minimum absolute atomic E-state index is 0.130. The van der Waals surface area contributed by atoms with Gasteiger partial charge in [0.05, 0.1) is 18.1 Å². The van der Waals surface area contributed by atoms with Crippen molar-refractivity contribution in [2.24, 2.45) is 0 Å². The van der Waals surface area contributed by atoms with Gasteiger partial charge in [-0.25, -0.2) is 0 Å². The molecule has 114 valence electrons. The van der Waals surface area contributed by atoms with Crippen LogP contribution < -0.4 is 14.8 Å². The summed E-state index contributed by atoms with van der Waals surface area (Å²) in [5.41, 5.74) is -0.190. The maximum absolute atomic E-state index is 11.9. The summed E-state index contributed by atoms with van der Waals surface area (Å²) in [7, 11) is 1.36. The molecule has 0 atom stereocenters. The Hall–Kier alpha value is -2.35. The maximum atomic E-state index is 11.9. The summed E-state index contributed by atoms with van der Waals surface area (Å²) in [4.78, 5) is 24.0. The van der Waals surface area contributed by atoms with Crippen LogP contribution in [0.15, 0.2) is 18.2 Å². The van der Waals surface area contributed by atoms with Crippen LogP contribution in [0, 0.1) is 10.1 Å². The standard InChI is InChI=1S/C13H17N3O5/c1-20-12-3-2-10(8-11(12)16(18)19)21-9-13(17)15-6-4-14-5-7-15/h2-3,8,14H,4-7,9H2,1H3. The van der Waals surface area contributed by atoms with E-state index in [0.29, 0.717) is 13.1 Å². The van der Waals surface area contributed by atoms with Gasteiger partial charge in [0.1, 0.15) is 5.75 Å². The van der Waals surface area contributed by atoms with Crippen molar-refractivity contribution in [2.75, 3.05) is 39.9 Å². The van der Waals surface area contributed by atoms with Crippen molar-refractivity contribution in [3.05, 3.63) is 28.3 Å². The molecule has 1 aliphatic heterocycles. The first-order chi connectivity index (χ1) is 10.1. The van der Waals surface area contributed by atoms with Gasteiger partial charge in [-0.15, -0.1) is 0 Å². The number of hydrogen-bond donors (Lipinski definition) is 1. The molecule has 1 aromatic carbocycles. The highest BCUT2D eigenvalue weighted by Crippen LogP contribution is 2.30. The van der Waals surface area contributed by atoms with Gasteiger partial charge in [-0.3, -0.25) is 14.9 Å². The van der Waals surface area contributed by atoms with Crippen LogP contribution in [0.3, 0.4) is 0 Å². The normalized spacial score (nSPS) is 14.6. The number of nitrogens with one attached hydrogen (secondary N) is 1. The molecule has 1 N–H and O–H groups in total. The molecule has 0 bridgehead atoms. The lowest BCUT2D eigenvalue weighted by Crippen LogP contribution is -2.47. The number of ether oxygens (including phenoxy) is 2. The highest BCUT2D eigenvalue weighted by atomic mass is 16.6. The molecule has 0 unspecified atom stereocenters. The van der Waals surface area contributed by atoms with E-state index in [2.05, 4.69) is 5.32 Å². The van der Waals surface area contributed by atoms with Gasteiger partial charge in [0.25, 0.3) is 5.91 Å². The molecular formula is C13H17N3O5. The van der Waals surface area contributed by atoms with Crippen LogP contribution in [0.2, 0.25) is 0 Å². The van der Waals surface area contributed by atoms with Crippen molar-refractivity contribution >= 4 is 11.6 Å². The second-order valence-corrected chi connectivity index (χ2v) is 4.51. The fourth-order valence-electron chi connectivity index (χ4n) is 2.05. The molecule has 0 spiro atoms. The molecule has 1 heterocycles. The van der Waals surface area contributed by atoms with E-state index in [1.807, 2.05) is 0 Å². The van der Waals surface area contributed by atoms with E-state index < -0.39 is 4.92 Å². The monoisotopic (exact) mass is 295 g/mol. The molecule has 0 saturated carbocycles. The topological polar surface area (TPSA) is 93.9 Å². The molecule has 21 heavy (non-hydrogen) atoms. The van der Waals surface area contributed by atoms with Gasteiger partial charge >= 0.3 is 5.69 Å².